The van der Waals surface area contributed by atoms with Crippen molar-refractivity contribution < 1.29 is 9.18 Å². The van der Waals surface area contributed by atoms with Crippen molar-refractivity contribution in [3.8, 4) is 0 Å². The molecule has 80 valence electrons. The minimum atomic E-state index is -0.331. The van der Waals surface area contributed by atoms with Gasteiger partial charge in [-0.15, -0.1) is 0 Å². The normalized spacial score (nSPS) is 15.4. The second kappa shape index (κ2) is 4.29. The van der Waals surface area contributed by atoms with E-state index in [-0.39, 0.29) is 5.82 Å². The Labute approximate surface area is 87.9 Å². The molecule has 4 heteroatoms. The largest absolute Gasteiger partial charge is 0.370 e. The lowest BCUT2D eigenvalue weighted by Crippen LogP contribution is -2.19. The predicted octanol–water partition coefficient (Wildman–Crippen LogP) is 1.99. The van der Waals surface area contributed by atoms with Crippen LogP contribution in [0.25, 0.3) is 0 Å². The van der Waals surface area contributed by atoms with Crippen molar-refractivity contribution in [2.45, 2.75) is 12.8 Å². The summed E-state index contributed by atoms with van der Waals surface area (Å²) in [4.78, 5) is 12.6. The van der Waals surface area contributed by atoms with Gasteiger partial charge in [-0.2, -0.15) is 0 Å². The molecule has 1 heterocycles. The summed E-state index contributed by atoms with van der Waals surface area (Å²) in [5.41, 5.74) is 1.45. The van der Waals surface area contributed by atoms with Gasteiger partial charge in [0.1, 0.15) is 5.82 Å². The van der Waals surface area contributed by atoms with Crippen LogP contribution in [0.2, 0.25) is 0 Å². The molecule has 0 aliphatic carbocycles. The molecule has 1 aromatic carbocycles. The van der Waals surface area contributed by atoms with Crippen LogP contribution in [0.3, 0.4) is 0 Å². The maximum absolute atomic E-state index is 13.0. The number of rotatable bonds is 3. The summed E-state index contributed by atoms with van der Waals surface area (Å²) in [6, 6.07) is 4.48. The van der Waals surface area contributed by atoms with Gasteiger partial charge in [0.15, 0.2) is 0 Å². The highest BCUT2D eigenvalue weighted by Gasteiger charge is 2.15. The van der Waals surface area contributed by atoms with Gasteiger partial charge in [-0.05, 0) is 31.0 Å². The van der Waals surface area contributed by atoms with E-state index in [0.717, 1.165) is 31.6 Å². The third-order valence-electron chi connectivity index (χ3n) is 2.62. The number of hydrogen-bond acceptors (Lipinski definition) is 2. The zero-order chi connectivity index (χ0) is 10.7. The molecule has 1 aromatic rings. The smallest absolute Gasteiger partial charge is 0.211 e. The van der Waals surface area contributed by atoms with Crippen molar-refractivity contribution in [3.05, 3.63) is 24.0 Å². The number of amides is 1. The molecule has 0 bridgehead atoms. The van der Waals surface area contributed by atoms with E-state index in [1.165, 1.54) is 12.1 Å². The summed E-state index contributed by atoms with van der Waals surface area (Å²) in [6.45, 7) is 1.94. The SMILES string of the molecule is O=CNc1cc(F)ccc1N1CCCC1. The number of halogens is 1. The molecule has 2 rings (SSSR count). The highest BCUT2D eigenvalue weighted by molar-refractivity contribution is 5.81. The number of anilines is 2. The van der Waals surface area contributed by atoms with Gasteiger partial charge < -0.3 is 10.2 Å². The molecule has 1 saturated heterocycles. The molecule has 1 fully saturated rings. The third-order valence-corrected chi connectivity index (χ3v) is 2.62. The van der Waals surface area contributed by atoms with E-state index in [0.29, 0.717) is 12.1 Å². The fraction of sp³-hybridized carbons (Fsp3) is 0.364. The van der Waals surface area contributed by atoms with Crippen LogP contribution >= 0.6 is 0 Å². The molecule has 1 aliphatic rings. The van der Waals surface area contributed by atoms with Crippen LogP contribution < -0.4 is 10.2 Å². The van der Waals surface area contributed by atoms with Crippen molar-refractivity contribution in [1.29, 1.82) is 0 Å². The Hall–Kier alpha value is -1.58. The molecule has 0 atom stereocenters. The topological polar surface area (TPSA) is 32.3 Å². The summed E-state index contributed by atoms with van der Waals surface area (Å²) in [7, 11) is 0. The molecule has 0 saturated carbocycles. The van der Waals surface area contributed by atoms with Gasteiger partial charge in [-0.25, -0.2) is 4.39 Å². The summed E-state index contributed by atoms with van der Waals surface area (Å²) >= 11 is 0. The van der Waals surface area contributed by atoms with E-state index in [1.54, 1.807) is 6.07 Å². The van der Waals surface area contributed by atoms with Crippen LogP contribution in [-0.2, 0) is 4.79 Å². The lowest BCUT2D eigenvalue weighted by atomic mass is 10.2. The number of hydrogen-bond donors (Lipinski definition) is 1. The van der Waals surface area contributed by atoms with E-state index in [4.69, 9.17) is 0 Å². The number of carbonyl (C=O) groups excluding carboxylic acids is 1. The van der Waals surface area contributed by atoms with Crippen molar-refractivity contribution in [3.63, 3.8) is 0 Å². The van der Waals surface area contributed by atoms with Crippen LogP contribution in [0.15, 0.2) is 18.2 Å². The summed E-state index contributed by atoms with van der Waals surface area (Å²) < 4.78 is 13.0. The van der Waals surface area contributed by atoms with Crippen LogP contribution in [0.4, 0.5) is 15.8 Å². The van der Waals surface area contributed by atoms with Gasteiger partial charge in [-0.3, -0.25) is 4.79 Å². The fourth-order valence-corrected chi connectivity index (χ4v) is 1.92. The van der Waals surface area contributed by atoms with E-state index >= 15 is 0 Å². The average Bonchev–Trinajstić information content (AvgIpc) is 2.71. The highest BCUT2D eigenvalue weighted by atomic mass is 19.1. The lowest BCUT2D eigenvalue weighted by Gasteiger charge is -2.20. The Bertz CT molecular complexity index is 362. The first kappa shape index (κ1) is 9.96. The van der Waals surface area contributed by atoms with E-state index in [9.17, 15) is 9.18 Å². The zero-order valence-corrected chi connectivity index (χ0v) is 8.37. The highest BCUT2D eigenvalue weighted by Crippen LogP contribution is 2.29. The van der Waals surface area contributed by atoms with Gasteiger partial charge in [0.2, 0.25) is 6.41 Å². The second-order valence-electron chi connectivity index (χ2n) is 3.62. The van der Waals surface area contributed by atoms with E-state index < -0.39 is 0 Å². The standard InChI is InChI=1S/C11H13FN2O/c12-9-3-4-11(10(7-9)13-8-15)14-5-1-2-6-14/h3-4,7-8H,1-2,5-6H2,(H,13,15). The molecule has 3 nitrogen and oxygen atoms in total. The molecule has 0 aromatic heterocycles. The third kappa shape index (κ3) is 2.09. The van der Waals surface area contributed by atoms with E-state index in [1.807, 2.05) is 0 Å². The van der Waals surface area contributed by atoms with E-state index in [2.05, 4.69) is 10.2 Å². The van der Waals surface area contributed by atoms with Gasteiger partial charge in [0.05, 0.1) is 11.4 Å². The molecule has 0 radical (unpaired) electrons. The Balaban J connectivity index is 2.31. The van der Waals surface area contributed by atoms with Crippen molar-refractivity contribution in [1.82, 2.24) is 0 Å². The maximum atomic E-state index is 13.0. The molecular weight excluding hydrogens is 195 g/mol. The Morgan fingerprint density at radius 3 is 2.73 bits per heavy atom. The van der Waals surface area contributed by atoms with Crippen LogP contribution in [-0.4, -0.2) is 19.5 Å². The quantitative estimate of drug-likeness (QED) is 0.770. The molecule has 1 aliphatic heterocycles. The van der Waals surface area contributed by atoms with Gasteiger partial charge >= 0.3 is 0 Å². The first-order valence-electron chi connectivity index (χ1n) is 5.06. The monoisotopic (exact) mass is 208 g/mol. The number of nitrogens with one attached hydrogen (secondary N) is 1. The van der Waals surface area contributed by atoms with Crippen molar-refractivity contribution in [2.75, 3.05) is 23.3 Å². The molecular formula is C11H13FN2O. The van der Waals surface area contributed by atoms with Gasteiger partial charge in [0, 0.05) is 13.1 Å². The zero-order valence-electron chi connectivity index (χ0n) is 8.37. The summed E-state index contributed by atoms with van der Waals surface area (Å²) in [5, 5.41) is 2.53. The minimum absolute atomic E-state index is 0.331. The fourth-order valence-electron chi connectivity index (χ4n) is 1.92. The molecule has 0 spiro atoms. The lowest BCUT2D eigenvalue weighted by molar-refractivity contribution is -0.105. The number of carbonyl (C=O) groups is 1. The Kier molecular flexibility index (Phi) is 2.85. The first-order valence-corrected chi connectivity index (χ1v) is 5.06. The second-order valence-corrected chi connectivity index (χ2v) is 3.62. The van der Waals surface area contributed by atoms with Gasteiger partial charge in [0.25, 0.3) is 0 Å². The van der Waals surface area contributed by atoms with Crippen LogP contribution in [0, 0.1) is 5.82 Å². The number of nitrogens with zero attached hydrogens (tertiary/aromatic N) is 1. The van der Waals surface area contributed by atoms with Crippen LogP contribution in [0.5, 0.6) is 0 Å². The summed E-state index contributed by atoms with van der Waals surface area (Å²) in [6.07, 6.45) is 2.88. The van der Waals surface area contributed by atoms with Crippen LogP contribution in [0.1, 0.15) is 12.8 Å². The average molecular weight is 208 g/mol. The van der Waals surface area contributed by atoms with Gasteiger partial charge in [-0.1, -0.05) is 0 Å². The summed E-state index contributed by atoms with van der Waals surface area (Å²) in [5.74, 6) is -0.331. The number of benzene rings is 1. The molecule has 15 heavy (non-hydrogen) atoms. The molecule has 0 unspecified atom stereocenters. The van der Waals surface area contributed by atoms with Crippen molar-refractivity contribution in [2.24, 2.45) is 0 Å². The minimum Gasteiger partial charge on any atom is -0.370 e. The molecule has 1 N–H and O–H groups in total. The first-order chi connectivity index (χ1) is 7.31. The maximum Gasteiger partial charge on any atom is 0.211 e. The van der Waals surface area contributed by atoms with Crippen molar-refractivity contribution >= 4 is 17.8 Å². The Morgan fingerprint density at radius 1 is 1.33 bits per heavy atom. The molecule has 1 amide bonds. The Morgan fingerprint density at radius 2 is 2.07 bits per heavy atom. The predicted molar refractivity (Wildman–Crippen MR) is 57.5 cm³/mol.